The van der Waals surface area contributed by atoms with E-state index in [0.29, 0.717) is 10.8 Å². The number of carbonyl (C=O) groups excluding carboxylic acids is 1. The van der Waals surface area contributed by atoms with Crippen LogP contribution in [0.5, 0.6) is 0 Å². The Kier molecular flexibility index (Phi) is 4.72. The van der Waals surface area contributed by atoms with Crippen LogP contribution >= 0.6 is 11.6 Å². The van der Waals surface area contributed by atoms with Gasteiger partial charge < -0.3 is 0 Å². The maximum atomic E-state index is 12.7. The number of nitrogens with zero attached hydrogens (tertiary/aromatic N) is 3. The third kappa shape index (κ3) is 3.29. The van der Waals surface area contributed by atoms with Gasteiger partial charge in [0.2, 0.25) is 0 Å². The highest BCUT2D eigenvalue weighted by Crippen LogP contribution is 2.23. The fourth-order valence-electron chi connectivity index (χ4n) is 1.91. The van der Waals surface area contributed by atoms with Crippen LogP contribution in [0.25, 0.3) is 0 Å². The van der Waals surface area contributed by atoms with Crippen molar-refractivity contribution in [3.05, 3.63) is 47.4 Å². The van der Waals surface area contributed by atoms with E-state index in [1.807, 2.05) is 19.3 Å². The number of pyridine rings is 2. The molecule has 0 atom stereocenters. The summed E-state index contributed by atoms with van der Waals surface area (Å²) in [6.45, 7) is 3.74. The summed E-state index contributed by atoms with van der Waals surface area (Å²) in [5, 5.41) is 9.46. The van der Waals surface area contributed by atoms with Crippen LogP contribution in [0.2, 0.25) is 5.02 Å². The Morgan fingerprint density at radius 2 is 2.14 bits per heavy atom. The monoisotopic (exact) mass is 306 g/mol. The van der Waals surface area contributed by atoms with Crippen LogP contribution in [0, 0.1) is 0 Å². The summed E-state index contributed by atoms with van der Waals surface area (Å²) >= 11 is 5.81. The minimum Gasteiger partial charge on any atom is -0.291 e. The predicted molar refractivity (Wildman–Crippen MR) is 80.8 cm³/mol. The summed E-state index contributed by atoms with van der Waals surface area (Å²) in [5.74, 6) is 0.134. The standard InChI is InChI=1S/C14H15ClN4O2/c1-9(2)19(12-5-3-4-6-16-12)14(20)13-11(18-21)7-10(15)8-17-13/h3-9,18,21H,1-2H3. The van der Waals surface area contributed by atoms with Crippen LogP contribution in [0.15, 0.2) is 36.7 Å². The van der Waals surface area contributed by atoms with Crippen LogP contribution in [0.1, 0.15) is 24.3 Å². The highest BCUT2D eigenvalue weighted by molar-refractivity contribution is 6.31. The van der Waals surface area contributed by atoms with E-state index in [4.69, 9.17) is 16.8 Å². The maximum Gasteiger partial charge on any atom is 0.280 e. The largest absolute Gasteiger partial charge is 0.291 e. The second kappa shape index (κ2) is 6.51. The Labute approximate surface area is 127 Å². The number of amides is 1. The van der Waals surface area contributed by atoms with Crippen molar-refractivity contribution < 1.29 is 10.0 Å². The molecule has 0 aliphatic carbocycles. The quantitative estimate of drug-likeness (QED) is 0.849. The summed E-state index contributed by atoms with van der Waals surface area (Å²) in [7, 11) is 0. The molecular formula is C14H15ClN4O2. The lowest BCUT2D eigenvalue weighted by molar-refractivity contribution is 0.0974. The first-order valence-electron chi connectivity index (χ1n) is 6.35. The van der Waals surface area contributed by atoms with E-state index in [9.17, 15) is 4.79 Å². The molecule has 0 aliphatic heterocycles. The molecule has 0 unspecified atom stereocenters. The minimum atomic E-state index is -0.378. The first kappa shape index (κ1) is 15.2. The SMILES string of the molecule is CC(C)N(C(=O)c1ncc(Cl)cc1NO)c1ccccn1. The van der Waals surface area contributed by atoms with Crippen molar-refractivity contribution in [2.45, 2.75) is 19.9 Å². The number of halogens is 1. The molecular weight excluding hydrogens is 292 g/mol. The summed E-state index contributed by atoms with van der Waals surface area (Å²) in [4.78, 5) is 22.4. The Bertz CT molecular complexity index is 634. The lowest BCUT2D eigenvalue weighted by atomic mass is 10.2. The molecule has 110 valence electrons. The maximum absolute atomic E-state index is 12.7. The number of anilines is 2. The second-order valence-corrected chi connectivity index (χ2v) is 5.05. The van der Waals surface area contributed by atoms with Crippen LogP contribution < -0.4 is 10.4 Å². The molecule has 2 heterocycles. The molecule has 0 saturated carbocycles. The molecule has 0 aliphatic rings. The average molecular weight is 307 g/mol. The molecule has 7 heteroatoms. The Morgan fingerprint density at radius 1 is 1.38 bits per heavy atom. The lowest BCUT2D eigenvalue weighted by Gasteiger charge is -2.25. The smallest absolute Gasteiger partial charge is 0.280 e. The van der Waals surface area contributed by atoms with E-state index in [2.05, 4.69) is 9.97 Å². The van der Waals surface area contributed by atoms with Crippen molar-refractivity contribution >= 4 is 29.0 Å². The number of carbonyl (C=O) groups is 1. The Morgan fingerprint density at radius 3 is 2.71 bits per heavy atom. The number of nitrogens with one attached hydrogen (secondary N) is 1. The number of rotatable bonds is 4. The molecule has 0 radical (unpaired) electrons. The van der Waals surface area contributed by atoms with Gasteiger partial charge in [-0.3, -0.25) is 20.4 Å². The summed E-state index contributed by atoms with van der Waals surface area (Å²) in [5.41, 5.74) is 2.17. The summed E-state index contributed by atoms with van der Waals surface area (Å²) < 4.78 is 0. The van der Waals surface area contributed by atoms with Crippen LogP contribution in [-0.4, -0.2) is 27.1 Å². The van der Waals surface area contributed by atoms with Crippen LogP contribution in [0.3, 0.4) is 0 Å². The molecule has 0 bridgehead atoms. The number of aromatic nitrogens is 2. The second-order valence-electron chi connectivity index (χ2n) is 4.62. The third-order valence-corrected chi connectivity index (χ3v) is 3.02. The third-order valence-electron chi connectivity index (χ3n) is 2.81. The zero-order valence-electron chi connectivity index (χ0n) is 11.6. The zero-order valence-corrected chi connectivity index (χ0v) is 12.4. The van der Waals surface area contributed by atoms with Gasteiger partial charge in [-0.25, -0.2) is 9.97 Å². The Balaban J connectivity index is 2.45. The molecule has 2 aromatic heterocycles. The first-order chi connectivity index (χ1) is 10.0. The molecule has 21 heavy (non-hydrogen) atoms. The topological polar surface area (TPSA) is 78.4 Å². The molecule has 2 rings (SSSR count). The summed E-state index contributed by atoms with van der Waals surface area (Å²) in [6, 6.07) is 6.61. The first-order valence-corrected chi connectivity index (χ1v) is 6.72. The normalized spacial score (nSPS) is 10.5. The molecule has 0 spiro atoms. The van der Waals surface area contributed by atoms with Crippen molar-refractivity contribution in [1.82, 2.24) is 9.97 Å². The van der Waals surface area contributed by atoms with Gasteiger partial charge in [-0.1, -0.05) is 17.7 Å². The highest BCUT2D eigenvalue weighted by Gasteiger charge is 2.25. The van der Waals surface area contributed by atoms with Gasteiger partial charge in [-0.15, -0.1) is 0 Å². The van der Waals surface area contributed by atoms with Crippen LogP contribution in [0.4, 0.5) is 11.5 Å². The van der Waals surface area contributed by atoms with Gasteiger partial charge in [0.15, 0.2) is 5.69 Å². The molecule has 6 nitrogen and oxygen atoms in total. The van der Waals surface area contributed by atoms with Crippen LogP contribution in [-0.2, 0) is 0 Å². The van der Waals surface area contributed by atoms with Gasteiger partial charge in [0, 0.05) is 18.4 Å². The van der Waals surface area contributed by atoms with Crippen molar-refractivity contribution in [3.8, 4) is 0 Å². The molecule has 0 aromatic carbocycles. The van der Waals surface area contributed by atoms with E-state index in [1.54, 1.807) is 24.4 Å². The van der Waals surface area contributed by atoms with Gasteiger partial charge in [0.1, 0.15) is 5.82 Å². The van der Waals surface area contributed by atoms with E-state index >= 15 is 0 Å². The van der Waals surface area contributed by atoms with Crippen molar-refractivity contribution in [2.75, 3.05) is 10.4 Å². The molecule has 2 N–H and O–H groups in total. The zero-order chi connectivity index (χ0) is 15.4. The highest BCUT2D eigenvalue weighted by atomic mass is 35.5. The minimum absolute atomic E-state index is 0.0706. The van der Waals surface area contributed by atoms with E-state index in [-0.39, 0.29) is 23.3 Å². The van der Waals surface area contributed by atoms with E-state index < -0.39 is 0 Å². The molecule has 0 saturated heterocycles. The van der Waals surface area contributed by atoms with Crippen molar-refractivity contribution in [3.63, 3.8) is 0 Å². The van der Waals surface area contributed by atoms with Gasteiger partial charge in [-0.05, 0) is 32.0 Å². The molecule has 0 fully saturated rings. The Hall–Kier alpha value is -2.18. The fourth-order valence-corrected chi connectivity index (χ4v) is 2.07. The van der Waals surface area contributed by atoms with Gasteiger partial charge in [-0.2, -0.15) is 0 Å². The summed E-state index contributed by atoms with van der Waals surface area (Å²) in [6.07, 6.45) is 2.96. The van der Waals surface area contributed by atoms with Gasteiger partial charge >= 0.3 is 0 Å². The number of hydrogen-bond acceptors (Lipinski definition) is 5. The average Bonchev–Trinajstić information content (AvgIpc) is 2.47. The predicted octanol–water partition coefficient (Wildman–Crippen LogP) is 2.99. The van der Waals surface area contributed by atoms with Gasteiger partial charge in [0.05, 0.1) is 10.7 Å². The van der Waals surface area contributed by atoms with Crippen molar-refractivity contribution in [1.29, 1.82) is 0 Å². The molecule has 1 amide bonds. The van der Waals surface area contributed by atoms with Gasteiger partial charge in [0.25, 0.3) is 5.91 Å². The van der Waals surface area contributed by atoms with E-state index in [1.165, 1.54) is 17.2 Å². The lowest BCUT2D eigenvalue weighted by Crippen LogP contribution is -2.38. The fraction of sp³-hybridized carbons (Fsp3) is 0.214. The molecule has 2 aromatic rings. The van der Waals surface area contributed by atoms with E-state index in [0.717, 1.165) is 0 Å². The number of hydrogen-bond donors (Lipinski definition) is 2. The van der Waals surface area contributed by atoms with Crippen molar-refractivity contribution in [2.24, 2.45) is 0 Å².